The van der Waals surface area contributed by atoms with Crippen LogP contribution in [0.25, 0.3) is 0 Å². The number of aromatic nitrogens is 2. The number of nitrogens with zero attached hydrogens (tertiary/aromatic N) is 2. The van der Waals surface area contributed by atoms with Gasteiger partial charge in [0, 0.05) is 6.54 Å². The van der Waals surface area contributed by atoms with E-state index in [-0.39, 0.29) is 0 Å². The highest BCUT2D eigenvalue weighted by molar-refractivity contribution is 5.90. The topological polar surface area (TPSA) is 55.1 Å². The molecular formula is C10H16N2O2. The van der Waals surface area contributed by atoms with E-state index in [4.69, 9.17) is 5.11 Å². The average Bonchev–Trinajstić information content (AvgIpc) is 2.25. The number of aryl methyl sites for hydroxylation is 1. The van der Waals surface area contributed by atoms with Crippen LogP contribution in [-0.4, -0.2) is 20.9 Å². The molecule has 0 saturated heterocycles. The summed E-state index contributed by atoms with van der Waals surface area (Å²) in [5.41, 5.74) is 1.67. The van der Waals surface area contributed by atoms with Gasteiger partial charge in [0.05, 0.1) is 11.4 Å². The average molecular weight is 196 g/mol. The third-order valence-corrected chi connectivity index (χ3v) is 2.13. The minimum Gasteiger partial charge on any atom is -0.478 e. The molecule has 1 rings (SSSR count). The SMILES string of the molecule is Cc1nn(CC(C)C)c(C)c1C(=O)O. The Hall–Kier alpha value is -1.32. The third-order valence-electron chi connectivity index (χ3n) is 2.13. The molecule has 1 aromatic rings. The Kier molecular flexibility index (Phi) is 2.93. The molecular weight excluding hydrogens is 180 g/mol. The van der Waals surface area contributed by atoms with Crippen molar-refractivity contribution in [3.8, 4) is 0 Å². The first kappa shape index (κ1) is 10.8. The maximum absolute atomic E-state index is 10.9. The van der Waals surface area contributed by atoms with Crippen molar-refractivity contribution in [2.45, 2.75) is 34.2 Å². The first-order chi connectivity index (χ1) is 6.43. The van der Waals surface area contributed by atoms with Gasteiger partial charge in [0.2, 0.25) is 0 Å². The zero-order valence-electron chi connectivity index (χ0n) is 9.03. The molecule has 14 heavy (non-hydrogen) atoms. The monoisotopic (exact) mass is 196 g/mol. The molecule has 0 unspecified atom stereocenters. The molecule has 0 aliphatic rings. The summed E-state index contributed by atoms with van der Waals surface area (Å²) in [5.74, 6) is -0.426. The Labute approximate surface area is 83.5 Å². The molecule has 0 radical (unpaired) electrons. The van der Waals surface area contributed by atoms with Gasteiger partial charge in [-0.3, -0.25) is 4.68 Å². The van der Waals surface area contributed by atoms with E-state index in [1.165, 1.54) is 0 Å². The van der Waals surface area contributed by atoms with Crippen LogP contribution in [0.4, 0.5) is 0 Å². The summed E-state index contributed by atoms with van der Waals surface area (Å²) in [5, 5.41) is 13.1. The number of carboxylic acid groups (broad SMARTS) is 1. The van der Waals surface area contributed by atoms with Crippen LogP contribution in [0, 0.1) is 19.8 Å². The summed E-state index contributed by atoms with van der Waals surface area (Å²) < 4.78 is 1.77. The second kappa shape index (κ2) is 3.82. The fourth-order valence-corrected chi connectivity index (χ4v) is 1.53. The fourth-order valence-electron chi connectivity index (χ4n) is 1.53. The van der Waals surface area contributed by atoms with Crippen molar-refractivity contribution in [2.24, 2.45) is 5.92 Å². The Morgan fingerprint density at radius 1 is 1.50 bits per heavy atom. The molecule has 0 saturated carbocycles. The number of carboxylic acids is 1. The molecule has 4 nitrogen and oxygen atoms in total. The molecule has 1 N–H and O–H groups in total. The molecule has 78 valence electrons. The van der Waals surface area contributed by atoms with Gasteiger partial charge in [-0.15, -0.1) is 0 Å². The lowest BCUT2D eigenvalue weighted by atomic mass is 10.2. The number of aromatic carboxylic acids is 1. The molecule has 0 atom stereocenters. The maximum Gasteiger partial charge on any atom is 0.339 e. The lowest BCUT2D eigenvalue weighted by Crippen LogP contribution is -2.08. The van der Waals surface area contributed by atoms with Crippen LogP contribution in [0.2, 0.25) is 0 Å². The Balaban J connectivity index is 3.10. The first-order valence-corrected chi connectivity index (χ1v) is 4.70. The summed E-state index contributed by atoms with van der Waals surface area (Å²) in [6.45, 7) is 8.45. The van der Waals surface area contributed by atoms with Crippen LogP contribution in [0.1, 0.15) is 35.6 Å². The first-order valence-electron chi connectivity index (χ1n) is 4.70. The van der Waals surface area contributed by atoms with Gasteiger partial charge in [-0.1, -0.05) is 13.8 Å². The molecule has 0 aromatic carbocycles. The molecule has 0 aliphatic carbocycles. The number of hydrogen-bond donors (Lipinski definition) is 1. The van der Waals surface area contributed by atoms with E-state index >= 15 is 0 Å². The van der Waals surface area contributed by atoms with Crippen molar-refractivity contribution in [3.63, 3.8) is 0 Å². The summed E-state index contributed by atoms with van der Waals surface area (Å²) in [6.07, 6.45) is 0. The summed E-state index contributed by atoms with van der Waals surface area (Å²) in [7, 11) is 0. The smallest absolute Gasteiger partial charge is 0.339 e. The molecule has 0 bridgehead atoms. The van der Waals surface area contributed by atoms with Crippen molar-refractivity contribution in [1.82, 2.24) is 9.78 Å². The van der Waals surface area contributed by atoms with Crippen molar-refractivity contribution in [1.29, 1.82) is 0 Å². The summed E-state index contributed by atoms with van der Waals surface area (Å²) >= 11 is 0. The van der Waals surface area contributed by atoms with E-state index < -0.39 is 5.97 Å². The second-order valence-corrected chi connectivity index (χ2v) is 3.93. The largest absolute Gasteiger partial charge is 0.478 e. The van der Waals surface area contributed by atoms with E-state index in [1.807, 2.05) is 0 Å². The van der Waals surface area contributed by atoms with Crippen LogP contribution in [-0.2, 0) is 6.54 Å². The van der Waals surface area contributed by atoms with E-state index in [1.54, 1.807) is 18.5 Å². The van der Waals surface area contributed by atoms with Crippen LogP contribution >= 0.6 is 0 Å². The van der Waals surface area contributed by atoms with Crippen molar-refractivity contribution in [2.75, 3.05) is 0 Å². The van der Waals surface area contributed by atoms with E-state index in [0.717, 1.165) is 12.2 Å². The Morgan fingerprint density at radius 2 is 2.07 bits per heavy atom. The molecule has 0 amide bonds. The highest BCUT2D eigenvalue weighted by Gasteiger charge is 2.17. The van der Waals surface area contributed by atoms with Gasteiger partial charge in [0.25, 0.3) is 0 Å². The highest BCUT2D eigenvalue weighted by Crippen LogP contribution is 2.14. The molecule has 0 spiro atoms. The summed E-state index contributed by atoms with van der Waals surface area (Å²) in [4.78, 5) is 10.9. The number of carbonyl (C=O) groups is 1. The predicted octanol–water partition coefficient (Wildman–Crippen LogP) is 1.85. The number of hydrogen-bond acceptors (Lipinski definition) is 2. The van der Waals surface area contributed by atoms with Gasteiger partial charge < -0.3 is 5.11 Å². The van der Waals surface area contributed by atoms with Crippen LogP contribution in [0.3, 0.4) is 0 Å². The normalized spacial score (nSPS) is 10.9. The lowest BCUT2D eigenvalue weighted by molar-refractivity contribution is 0.0695. The van der Waals surface area contributed by atoms with Crippen LogP contribution in [0.15, 0.2) is 0 Å². The molecule has 4 heteroatoms. The zero-order valence-corrected chi connectivity index (χ0v) is 9.03. The standard InChI is InChI=1S/C10H16N2O2/c1-6(2)5-12-8(4)9(10(13)14)7(3)11-12/h6H,5H2,1-4H3,(H,13,14). The predicted molar refractivity (Wildman–Crippen MR) is 53.5 cm³/mol. The van der Waals surface area contributed by atoms with Crippen LogP contribution < -0.4 is 0 Å². The van der Waals surface area contributed by atoms with Crippen molar-refractivity contribution < 1.29 is 9.90 Å². The summed E-state index contributed by atoms with van der Waals surface area (Å²) in [6, 6.07) is 0. The molecule has 0 aliphatic heterocycles. The van der Waals surface area contributed by atoms with Gasteiger partial charge in [0.1, 0.15) is 5.56 Å². The zero-order chi connectivity index (χ0) is 10.9. The minimum atomic E-state index is -0.894. The Morgan fingerprint density at radius 3 is 2.43 bits per heavy atom. The van der Waals surface area contributed by atoms with E-state index in [2.05, 4.69) is 18.9 Å². The van der Waals surface area contributed by atoms with E-state index in [0.29, 0.717) is 17.2 Å². The molecule has 0 fully saturated rings. The van der Waals surface area contributed by atoms with Gasteiger partial charge in [-0.05, 0) is 19.8 Å². The molecule has 1 heterocycles. The fraction of sp³-hybridized carbons (Fsp3) is 0.600. The third kappa shape index (κ3) is 1.95. The highest BCUT2D eigenvalue weighted by atomic mass is 16.4. The second-order valence-electron chi connectivity index (χ2n) is 3.93. The van der Waals surface area contributed by atoms with Crippen molar-refractivity contribution in [3.05, 3.63) is 17.0 Å². The molecule has 1 aromatic heterocycles. The Bertz CT molecular complexity index is 353. The van der Waals surface area contributed by atoms with Gasteiger partial charge in [0.15, 0.2) is 0 Å². The minimum absolute atomic E-state index is 0.339. The van der Waals surface area contributed by atoms with Crippen LogP contribution in [0.5, 0.6) is 0 Å². The maximum atomic E-state index is 10.9. The van der Waals surface area contributed by atoms with E-state index in [9.17, 15) is 4.79 Å². The van der Waals surface area contributed by atoms with Crippen molar-refractivity contribution >= 4 is 5.97 Å². The lowest BCUT2D eigenvalue weighted by Gasteiger charge is -2.06. The quantitative estimate of drug-likeness (QED) is 0.802. The van der Waals surface area contributed by atoms with Gasteiger partial charge in [-0.25, -0.2) is 4.79 Å². The van der Waals surface area contributed by atoms with Gasteiger partial charge >= 0.3 is 5.97 Å². The number of rotatable bonds is 3. The van der Waals surface area contributed by atoms with Gasteiger partial charge in [-0.2, -0.15) is 5.10 Å².